The van der Waals surface area contributed by atoms with Crippen LogP contribution in [0, 0.1) is 0 Å². The molecule has 29 heavy (non-hydrogen) atoms. The highest BCUT2D eigenvalue weighted by molar-refractivity contribution is 7.92. The standard InChI is InChI=1S/C20H21N3O5S/c1-14(2)19-21-18(28-22-19)13-27-20(24)15-9-11-17(12-10-15)29(25,26)23(3)16-7-5-4-6-8-16/h4-12,14H,13H2,1-3H3. The van der Waals surface area contributed by atoms with E-state index < -0.39 is 16.0 Å². The number of anilines is 1. The van der Waals surface area contributed by atoms with Crippen LogP contribution in [0.1, 0.15) is 41.8 Å². The van der Waals surface area contributed by atoms with E-state index in [9.17, 15) is 13.2 Å². The van der Waals surface area contributed by atoms with E-state index in [1.165, 1.54) is 35.6 Å². The summed E-state index contributed by atoms with van der Waals surface area (Å²) in [5.74, 6) is 0.222. The number of aromatic nitrogens is 2. The normalized spacial score (nSPS) is 11.4. The van der Waals surface area contributed by atoms with Crippen molar-refractivity contribution in [2.75, 3.05) is 11.4 Å². The van der Waals surface area contributed by atoms with E-state index >= 15 is 0 Å². The van der Waals surface area contributed by atoms with Gasteiger partial charge in [-0.15, -0.1) is 0 Å². The molecule has 0 unspecified atom stereocenters. The van der Waals surface area contributed by atoms with Crippen LogP contribution in [0.25, 0.3) is 0 Å². The first-order valence-corrected chi connectivity index (χ1v) is 10.4. The van der Waals surface area contributed by atoms with Crippen LogP contribution in [0.4, 0.5) is 5.69 Å². The zero-order valence-corrected chi connectivity index (χ0v) is 17.1. The van der Waals surface area contributed by atoms with E-state index in [-0.39, 0.29) is 28.9 Å². The molecular formula is C20H21N3O5S. The molecule has 0 amide bonds. The predicted octanol–water partition coefficient (Wildman–Crippen LogP) is 3.38. The van der Waals surface area contributed by atoms with Gasteiger partial charge in [-0.3, -0.25) is 4.31 Å². The van der Waals surface area contributed by atoms with E-state index in [0.717, 1.165) is 0 Å². The molecule has 0 aliphatic heterocycles. The Balaban J connectivity index is 1.68. The number of hydrogen-bond donors (Lipinski definition) is 0. The first kappa shape index (κ1) is 20.5. The average Bonchev–Trinajstić information content (AvgIpc) is 3.21. The Labute approximate surface area is 169 Å². The van der Waals surface area contributed by atoms with E-state index in [2.05, 4.69) is 10.1 Å². The summed E-state index contributed by atoms with van der Waals surface area (Å²) in [7, 11) is -2.27. The second-order valence-electron chi connectivity index (χ2n) is 6.61. The lowest BCUT2D eigenvalue weighted by atomic mass is 10.2. The predicted molar refractivity (Wildman–Crippen MR) is 106 cm³/mol. The first-order valence-electron chi connectivity index (χ1n) is 8.92. The maximum Gasteiger partial charge on any atom is 0.338 e. The maximum absolute atomic E-state index is 12.8. The van der Waals surface area contributed by atoms with Crippen LogP contribution in [-0.2, 0) is 21.4 Å². The van der Waals surface area contributed by atoms with Gasteiger partial charge in [-0.05, 0) is 36.4 Å². The largest absolute Gasteiger partial charge is 0.452 e. The van der Waals surface area contributed by atoms with Crippen LogP contribution in [0.2, 0.25) is 0 Å². The molecule has 0 aliphatic rings. The first-order chi connectivity index (χ1) is 13.8. The van der Waals surface area contributed by atoms with Gasteiger partial charge < -0.3 is 9.26 Å². The molecule has 9 heteroatoms. The summed E-state index contributed by atoms with van der Waals surface area (Å²) >= 11 is 0. The Morgan fingerprint density at radius 2 is 1.76 bits per heavy atom. The molecule has 152 valence electrons. The summed E-state index contributed by atoms with van der Waals surface area (Å²) in [6.45, 7) is 3.69. The van der Waals surface area contributed by atoms with Gasteiger partial charge in [0.15, 0.2) is 12.4 Å². The molecule has 0 aliphatic carbocycles. The lowest BCUT2D eigenvalue weighted by Gasteiger charge is -2.19. The summed E-state index contributed by atoms with van der Waals surface area (Å²) in [4.78, 5) is 16.4. The number of carbonyl (C=O) groups excluding carboxylic acids is 1. The van der Waals surface area contributed by atoms with Crippen molar-refractivity contribution < 1.29 is 22.5 Å². The van der Waals surface area contributed by atoms with Crippen LogP contribution >= 0.6 is 0 Å². The smallest absolute Gasteiger partial charge is 0.338 e. The van der Waals surface area contributed by atoms with Gasteiger partial charge in [0.1, 0.15) is 0 Å². The Morgan fingerprint density at radius 3 is 2.34 bits per heavy atom. The highest BCUT2D eigenvalue weighted by Gasteiger charge is 2.22. The molecule has 2 aromatic carbocycles. The topological polar surface area (TPSA) is 103 Å². The van der Waals surface area contributed by atoms with Gasteiger partial charge in [-0.25, -0.2) is 13.2 Å². The molecule has 1 aromatic heterocycles. The van der Waals surface area contributed by atoms with Crippen molar-refractivity contribution in [3.8, 4) is 0 Å². The molecule has 0 bridgehead atoms. The molecule has 8 nitrogen and oxygen atoms in total. The number of nitrogens with zero attached hydrogens (tertiary/aromatic N) is 3. The van der Waals surface area contributed by atoms with Crippen LogP contribution in [0.15, 0.2) is 64.0 Å². The number of sulfonamides is 1. The molecule has 0 spiro atoms. The third-order valence-electron chi connectivity index (χ3n) is 4.20. The highest BCUT2D eigenvalue weighted by atomic mass is 32.2. The molecule has 3 rings (SSSR count). The van der Waals surface area contributed by atoms with Crippen molar-refractivity contribution in [3.05, 3.63) is 71.9 Å². The van der Waals surface area contributed by atoms with Crippen LogP contribution in [0.5, 0.6) is 0 Å². The van der Waals surface area contributed by atoms with Crippen LogP contribution < -0.4 is 4.31 Å². The number of para-hydroxylation sites is 1. The van der Waals surface area contributed by atoms with Crippen molar-refractivity contribution in [3.63, 3.8) is 0 Å². The fraction of sp³-hybridized carbons (Fsp3) is 0.250. The monoisotopic (exact) mass is 415 g/mol. The SMILES string of the molecule is CC(C)c1noc(COC(=O)c2ccc(S(=O)(=O)N(C)c3ccccc3)cc2)n1. The van der Waals surface area contributed by atoms with Gasteiger partial charge >= 0.3 is 5.97 Å². The van der Waals surface area contributed by atoms with Gasteiger partial charge in [-0.2, -0.15) is 4.98 Å². The Hall–Kier alpha value is -3.20. The van der Waals surface area contributed by atoms with Gasteiger partial charge in [0.05, 0.1) is 16.1 Å². The van der Waals surface area contributed by atoms with Gasteiger partial charge in [0, 0.05) is 13.0 Å². The lowest BCUT2D eigenvalue weighted by molar-refractivity contribution is 0.0429. The minimum absolute atomic E-state index is 0.0684. The van der Waals surface area contributed by atoms with E-state index in [1.807, 2.05) is 19.9 Å². The summed E-state index contributed by atoms with van der Waals surface area (Å²) < 4.78 is 36.9. The number of esters is 1. The fourth-order valence-electron chi connectivity index (χ4n) is 2.47. The molecule has 3 aromatic rings. The zero-order chi connectivity index (χ0) is 21.0. The zero-order valence-electron chi connectivity index (χ0n) is 16.3. The Morgan fingerprint density at radius 1 is 1.10 bits per heavy atom. The number of hydrogen-bond acceptors (Lipinski definition) is 7. The summed E-state index contributed by atoms with van der Waals surface area (Å²) in [6.07, 6.45) is 0. The van der Waals surface area contributed by atoms with Crippen LogP contribution in [-0.4, -0.2) is 31.6 Å². The summed E-state index contributed by atoms with van der Waals surface area (Å²) in [6, 6.07) is 14.3. The third-order valence-corrected chi connectivity index (χ3v) is 5.99. The quantitative estimate of drug-likeness (QED) is 0.545. The van der Waals surface area contributed by atoms with E-state index in [0.29, 0.717) is 11.5 Å². The summed E-state index contributed by atoms with van der Waals surface area (Å²) in [5.41, 5.74) is 0.756. The van der Waals surface area contributed by atoms with Crippen molar-refractivity contribution in [2.24, 2.45) is 0 Å². The molecule has 0 N–H and O–H groups in total. The Kier molecular flexibility index (Phi) is 5.97. The van der Waals surface area contributed by atoms with Crippen molar-refractivity contribution in [1.29, 1.82) is 0 Å². The molecule has 0 atom stereocenters. The molecule has 0 radical (unpaired) electrons. The molecular weight excluding hydrogens is 394 g/mol. The summed E-state index contributed by atoms with van der Waals surface area (Å²) in [5, 5.41) is 3.80. The number of rotatable bonds is 7. The lowest BCUT2D eigenvalue weighted by Crippen LogP contribution is -2.26. The molecule has 0 saturated carbocycles. The minimum atomic E-state index is -3.75. The second-order valence-corrected chi connectivity index (χ2v) is 8.58. The van der Waals surface area contributed by atoms with Crippen molar-refractivity contribution >= 4 is 21.7 Å². The number of carbonyl (C=O) groups is 1. The van der Waals surface area contributed by atoms with Gasteiger partial charge in [0.25, 0.3) is 15.9 Å². The second kappa shape index (κ2) is 8.44. The van der Waals surface area contributed by atoms with Crippen LogP contribution in [0.3, 0.4) is 0 Å². The molecule has 0 fully saturated rings. The van der Waals surface area contributed by atoms with E-state index in [4.69, 9.17) is 9.26 Å². The number of benzene rings is 2. The Bertz CT molecular complexity index is 1080. The third kappa shape index (κ3) is 4.62. The molecule has 0 saturated heterocycles. The molecule has 1 heterocycles. The van der Waals surface area contributed by atoms with Gasteiger partial charge in [-0.1, -0.05) is 37.2 Å². The van der Waals surface area contributed by atoms with Gasteiger partial charge in [0.2, 0.25) is 0 Å². The van der Waals surface area contributed by atoms with Crippen molar-refractivity contribution in [2.45, 2.75) is 31.3 Å². The highest BCUT2D eigenvalue weighted by Crippen LogP contribution is 2.22. The van der Waals surface area contributed by atoms with Crippen molar-refractivity contribution in [1.82, 2.24) is 10.1 Å². The maximum atomic E-state index is 12.8. The average molecular weight is 415 g/mol. The fourth-order valence-corrected chi connectivity index (χ4v) is 3.67. The minimum Gasteiger partial charge on any atom is -0.452 e. The van der Waals surface area contributed by atoms with E-state index in [1.54, 1.807) is 24.3 Å². The number of ether oxygens (including phenoxy) is 1.